The number of nitrogens with zero attached hydrogens (tertiary/aromatic N) is 2. The van der Waals surface area contributed by atoms with Crippen LogP contribution < -0.4 is 11.2 Å². The first-order chi connectivity index (χ1) is 4.61. The van der Waals surface area contributed by atoms with Gasteiger partial charge in [-0.1, -0.05) is 0 Å². The van der Waals surface area contributed by atoms with E-state index in [-0.39, 0.29) is 5.56 Å². The minimum atomic E-state index is -0.106. The molecular formula is C5H6BBrN2O. The third-order valence-corrected chi connectivity index (χ3v) is 1.67. The van der Waals surface area contributed by atoms with Gasteiger partial charge in [-0.25, -0.2) is 4.98 Å². The molecule has 0 spiro atoms. The van der Waals surface area contributed by atoms with E-state index >= 15 is 0 Å². The molecule has 0 fully saturated rings. The van der Waals surface area contributed by atoms with E-state index in [4.69, 9.17) is 0 Å². The summed E-state index contributed by atoms with van der Waals surface area (Å²) in [6.45, 7) is 0. The molecule has 3 nitrogen and oxygen atoms in total. The maximum atomic E-state index is 11.0. The lowest BCUT2D eigenvalue weighted by molar-refractivity contribution is 0.840. The highest BCUT2D eigenvalue weighted by molar-refractivity contribution is 9.10. The molecule has 1 rings (SSSR count). The van der Waals surface area contributed by atoms with E-state index in [9.17, 15) is 4.79 Å². The van der Waals surface area contributed by atoms with Crippen molar-refractivity contribution in [3.05, 3.63) is 21.2 Å². The van der Waals surface area contributed by atoms with Crippen molar-refractivity contribution < 1.29 is 0 Å². The molecule has 52 valence electrons. The summed E-state index contributed by atoms with van der Waals surface area (Å²) in [5, 5.41) is 0. The van der Waals surface area contributed by atoms with E-state index in [0.717, 1.165) is 5.59 Å². The molecule has 0 aromatic carbocycles. The van der Waals surface area contributed by atoms with Gasteiger partial charge in [0.1, 0.15) is 0 Å². The van der Waals surface area contributed by atoms with Crippen LogP contribution >= 0.6 is 15.9 Å². The maximum absolute atomic E-state index is 11.0. The lowest BCUT2D eigenvalue weighted by Crippen LogP contribution is -2.25. The fourth-order valence-corrected chi connectivity index (χ4v) is 1.28. The van der Waals surface area contributed by atoms with Gasteiger partial charge in [0, 0.05) is 18.8 Å². The first-order valence-electron chi connectivity index (χ1n) is 2.81. The van der Waals surface area contributed by atoms with Gasteiger partial charge in [0.2, 0.25) is 0 Å². The molecule has 0 atom stereocenters. The number of aromatic nitrogens is 2. The van der Waals surface area contributed by atoms with Crippen molar-refractivity contribution in [3.8, 4) is 0 Å². The highest BCUT2D eigenvalue weighted by atomic mass is 79.9. The van der Waals surface area contributed by atoms with Crippen LogP contribution in [0.1, 0.15) is 0 Å². The van der Waals surface area contributed by atoms with Crippen LogP contribution in [0.4, 0.5) is 0 Å². The molecule has 5 heteroatoms. The predicted molar refractivity (Wildman–Crippen MR) is 45.4 cm³/mol. The van der Waals surface area contributed by atoms with Gasteiger partial charge >= 0.3 is 0 Å². The molecule has 0 aliphatic heterocycles. The van der Waals surface area contributed by atoms with Crippen LogP contribution in [-0.2, 0) is 7.05 Å². The molecule has 10 heavy (non-hydrogen) atoms. The van der Waals surface area contributed by atoms with E-state index in [1.807, 2.05) is 7.85 Å². The Balaban J connectivity index is 3.46. The number of halogens is 1. The van der Waals surface area contributed by atoms with Crippen LogP contribution in [0.2, 0.25) is 0 Å². The predicted octanol–water partition coefficient (Wildman–Crippen LogP) is -1.20. The molecule has 1 aromatic rings. The lowest BCUT2D eigenvalue weighted by atomic mass is 10.1. The normalized spacial score (nSPS) is 9.80. The topological polar surface area (TPSA) is 34.9 Å². The third-order valence-electron chi connectivity index (χ3n) is 1.15. The largest absolute Gasteiger partial charge is 0.315 e. The summed E-state index contributed by atoms with van der Waals surface area (Å²) in [4.78, 5) is 14.9. The van der Waals surface area contributed by atoms with Gasteiger partial charge in [0.05, 0.1) is 0 Å². The standard InChI is InChI=1S/C5H6BBrN2O/c1-9-2-3(6)8-4(7)5(9)10/h2H,6H2,1H3. The summed E-state index contributed by atoms with van der Waals surface area (Å²) in [7, 11) is 3.53. The molecule has 1 aromatic heterocycles. The molecule has 0 bridgehead atoms. The summed E-state index contributed by atoms with van der Waals surface area (Å²) in [6.07, 6.45) is 1.69. The minimum Gasteiger partial charge on any atom is -0.315 e. The number of hydrogen-bond acceptors (Lipinski definition) is 2. The zero-order valence-electron chi connectivity index (χ0n) is 5.76. The van der Waals surface area contributed by atoms with Gasteiger partial charge in [-0.3, -0.25) is 4.79 Å². The van der Waals surface area contributed by atoms with Crippen LogP contribution in [0, 0.1) is 0 Å². The van der Waals surface area contributed by atoms with E-state index in [1.165, 1.54) is 4.57 Å². The van der Waals surface area contributed by atoms with E-state index in [0.29, 0.717) is 4.60 Å². The van der Waals surface area contributed by atoms with Crippen molar-refractivity contribution >= 4 is 29.4 Å². The van der Waals surface area contributed by atoms with Crippen molar-refractivity contribution in [2.24, 2.45) is 7.05 Å². The Kier molecular flexibility index (Phi) is 1.94. The zero-order valence-corrected chi connectivity index (χ0v) is 7.34. The van der Waals surface area contributed by atoms with Crippen LogP contribution in [0.3, 0.4) is 0 Å². The summed E-state index contributed by atoms with van der Waals surface area (Å²) in [5.74, 6) is 0. The lowest BCUT2D eigenvalue weighted by Gasteiger charge is -1.97. The van der Waals surface area contributed by atoms with Crippen molar-refractivity contribution in [1.29, 1.82) is 0 Å². The van der Waals surface area contributed by atoms with Crippen LogP contribution in [0.15, 0.2) is 15.6 Å². The van der Waals surface area contributed by atoms with Gasteiger partial charge in [-0.15, -0.1) is 0 Å². The Morgan fingerprint density at radius 3 is 2.90 bits per heavy atom. The van der Waals surface area contributed by atoms with Gasteiger partial charge in [-0.05, 0) is 15.9 Å². The monoisotopic (exact) mass is 200 g/mol. The second-order valence-electron chi connectivity index (χ2n) is 2.09. The second kappa shape index (κ2) is 2.58. The summed E-state index contributed by atoms with van der Waals surface area (Å²) >= 11 is 3.05. The fourth-order valence-electron chi connectivity index (χ4n) is 0.716. The summed E-state index contributed by atoms with van der Waals surface area (Å²) in [6, 6.07) is 0. The SMILES string of the molecule is Bc1cn(C)c(=O)c(Br)n1. The summed E-state index contributed by atoms with van der Waals surface area (Å²) in [5.41, 5.74) is 0.722. The van der Waals surface area contributed by atoms with Crippen molar-refractivity contribution in [3.63, 3.8) is 0 Å². The molecular weight excluding hydrogens is 195 g/mol. The van der Waals surface area contributed by atoms with E-state index in [2.05, 4.69) is 20.9 Å². The molecule has 0 aliphatic carbocycles. The van der Waals surface area contributed by atoms with E-state index in [1.54, 1.807) is 13.2 Å². The van der Waals surface area contributed by atoms with Gasteiger partial charge in [0.15, 0.2) is 12.4 Å². The quantitative estimate of drug-likeness (QED) is 0.494. The third kappa shape index (κ3) is 1.29. The van der Waals surface area contributed by atoms with E-state index < -0.39 is 0 Å². The summed E-state index contributed by atoms with van der Waals surface area (Å²) < 4.78 is 1.86. The molecule has 0 aliphatic rings. The Hall–Kier alpha value is -0.575. The molecule has 0 amide bonds. The average molecular weight is 201 g/mol. The highest BCUT2D eigenvalue weighted by Gasteiger charge is 1.98. The molecule has 1 heterocycles. The molecule has 0 radical (unpaired) electrons. The minimum absolute atomic E-state index is 0.106. The van der Waals surface area contributed by atoms with Crippen LogP contribution in [-0.4, -0.2) is 17.4 Å². The highest BCUT2D eigenvalue weighted by Crippen LogP contribution is 1.91. The van der Waals surface area contributed by atoms with Crippen LogP contribution in [0.25, 0.3) is 0 Å². The fraction of sp³-hybridized carbons (Fsp3) is 0.200. The molecule has 0 unspecified atom stereocenters. The average Bonchev–Trinajstić information content (AvgIpc) is 1.82. The first kappa shape index (κ1) is 7.53. The molecule has 0 saturated heterocycles. The zero-order chi connectivity index (χ0) is 7.72. The van der Waals surface area contributed by atoms with Crippen LogP contribution in [0.5, 0.6) is 0 Å². The number of aryl methyl sites for hydroxylation is 1. The Morgan fingerprint density at radius 2 is 2.40 bits per heavy atom. The number of rotatable bonds is 0. The Labute approximate surface area is 67.6 Å². The Morgan fingerprint density at radius 1 is 1.80 bits per heavy atom. The van der Waals surface area contributed by atoms with Crippen molar-refractivity contribution in [1.82, 2.24) is 9.55 Å². The van der Waals surface area contributed by atoms with Gasteiger partial charge in [0.25, 0.3) is 5.56 Å². The van der Waals surface area contributed by atoms with Crippen molar-refractivity contribution in [2.45, 2.75) is 0 Å². The van der Waals surface area contributed by atoms with Gasteiger partial charge in [-0.2, -0.15) is 0 Å². The Bertz CT molecular complexity index is 283. The smallest absolute Gasteiger partial charge is 0.283 e. The molecule has 0 N–H and O–H groups in total. The number of hydrogen-bond donors (Lipinski definition) is 0. The first-order valence-corrected chi connectivity index (χ1v) is 3.60. The van der Waals surface area contributed by atoms with Gasteiger partial charge < -0.3 is 4.57 Å². The van der Waals surface area contributed by atoms with Crippen molar-refractivity contribution in [2.75, 3.05) is 0 Å². The maximum Gasteiger partial charge on any atom is 0.283 e. The molecule has 0 saturated carbocycles. The second-order valence-corrected chi connectivity index (χ2v) is 2.84.